The maximum Gasteiger partial charge on any atom is 0.414 e. The van der Waals surface area contributed by atoms with E-state index in [1.54, 1.807) is 9.80 Å². The minimum atomic E-state index is -1.82. The second-order valence-electron chi connectivity index (χ2n) is 11.7. The summed E-state index contributed by atoms with van der Waals surface area (Å²) in [5.74, 6) is -3.65. The Morgan fingerprint density at radius 2 is 1.03 bits per heavy atom. The van der Waals surface area contributed by atoms with Gasteiger partial charge in [0.1, 0.15) is 11.2 Å². The third kappa shape index (κ3) is 9.26. The Balaban J connectivity index is 0.000000221. The van der Waals surface area contributed by atoms with Gasteiger partial charge in [0.25, 0.3) is 0 Å². The van der Waals surface area contributed by atoms with Gasteiger partial charge in [-0.3, -0.25) is 0 Å². The molecule has 4 bridgehead atoms. The van der Waals surface area contributed by atoms with Crippen molar-refractivity contribution in [1.82, 2.24) is 9.80 Å². The van der Waals surface area contributed by atoms with Gasteiger partial charge >= 0.3 is 24.1 Å². The lowest BCUT2D eigenvalue weighted by atomic mass is 9.93. The average molecular weight is 547 g/mol. The maximum absolute atomic E-state index is 11.9. The van der Waals surface area contributed by atoms with E-state index in [4.69, 9.17) is 50.2 Å². The minimum absolute atomic E-state index is 0.0301. The first kappa shape index (κ1) is 31.5. The fourth-order valence-corrected chi connectivity index (χ4v) is 4.37. The van der Waals surface area contributed by atoms with Crippen LogP contribution in [0.3, 0.4) is 0 Å². The van der Waals surface area contributed by atoms with Gasteiger partial charge in [0.05, 0.1) is 50.6 Å². The summed E-state index contributed by atoms with van der Waals surface area (Å²) in [7, 11) is 0. The first-order valence-corrected chi connectivity index (χ1v) is 12.6. The topological polar surface area (TPSA) is 204 Å². The van der Waals surface area contributed by atoms with Gasteiger partial charge in [0, 0.05) is 12.1 Å². The molecule has 6 aliphatic heterocycles. The van der Waals surface area contributed by atoms with E-state index in [1.165, 1.54) is 0 Å². The number of aliphatic carboxylic acids is 2. The Morgan fingerprint density at radius 1 is 0.711 bits per heavy atom. The molecule has 6 saturated heterocycles. The van der Waals surface area contributed by atoms with Gasteiger partial charge in [-0.05, 0) is 54.4 Å². The number of hydrogen-bond donors (Lipinski definition) is 4. The van der Waals surface area contributed by atoms with Gasteiger partial charge in [0.2, 0.25) is 0 Å². The van der Waals surface area contributed by atoms with Gasteiger partial charge in [0.15, 0.2) is 0 Å². The number of amides is 2. The number of hydrogen-bond acceptors (Lipinski definition) is 10. The number of nitrogens with two attached hydrogens (primary N) is 2. The zero-order valence-electron chi connectivity index (χ0n) is 22.9. The third-order valence-electron chi connectivity index (χ3n) is 6.12. The van der Waals surface area contributed by atoms with E-state index in [1.807, 2.05) is 41.5 Å². The fraction of sp³-hybridized carbons (Fsp3) is 0.833. The molecule has 14 heteroatoms. The molecule has 14 nitrogen and oxygen atoms in total. The van der Waals surface area contributed by atoms with Crippen LogP contribution in [0.2, 0.25) is 0 Å². The Bertz CT molecular complexity index is 801. The molecule has 0 aliphatic carbocycles. The molecular formula is C24H42N4O10. The lowest BCUT2D eigenvalue weighted by Crippen LogP contribution is -2.64. The van der Waals surface area contributed by atoms with Crippen LogP contribution in [0.15, 0.2) is 0 Å². The Kier molecular flexibility index (Phi) is 10.3. The average Bonchev–Trinajstić information content (AvgIpc) is 2.78. The van der Waals surface area contributed by atoms with E-state index in [-0.39, 0.29) is 48.6 Å². The molecule has 6 heterocycles. The molecule has 6 N–H and O–H groups in total. The molecule has 38 heavy (non-hydrogen) atoms. The van der Waals surface area contributed by atoms with Crippen molar-refractivity contribution in [2.45, 2.75) is 102 Å². The first-order valence-electron chi connectivity index (χ1n) is 12.6. The number of rotatable bonds is 0. The SMILES string of the molecule is CC(C)(C)OC(=O)N1C[C@@H]2OC[C@H]1C[C@@H]2N.CC(C)(C)OC(=O)N1C[C@@H]2OC[C@H]1C[C@@H]2N.O=C(O)C(=O)O. The zero-order valence-corrected chi connectivity index (χ0v) is 22.9. The van der Waals surface area contributed by atoms with Crippen molar-refractivity contribution in [1.29, 1.82) is 0 Å². The molecule has 0 saturated carbocycles. The van der Waals surface area contributed by atoms with Gasteiger partial charge in [-0.1, -0.05) is 0 Å². The fourth-order valence-electron chi connectivity index (χ4n) is 4.37. The summed E-state index contributed by atoms with van der Waals surface area (Å²) in [4.78, 5) is 45.5. The van der Waals surface area contributed by atoms with Crippen molar-refractivity contribution in [2.24, 2.45) is 11.5 Å². The third-order valence-corrected chi connectivity index (χ3v) is 6.12. The van der Waals surface area contributed by atoms with Gasteiger partial charge in [-0.2, -0.15) is 0 Å². The monoisotopic (exact) mass is 546 g/mol. The Morgan fingerprint density at radius 3 is 1.21 bits per heavy atom. The molecule has 0 aromatic carbocycles. The van der Waals surface area contributed by atoms with E-state index >= 15 is 0 Å². The summed E-state index contributed by atoms with van der Waals surface area (Å²) < 4.78 is 21.8. The maximum atomic E-state index is 11.9. The highest BCUT2D eigenvalue weighted by Crippen LogP contribution is 2.28. The highest BCUT2D eigenvalue weighted by Gasteiger charge is 2.44. The van der Waals surface area contributed by atoms with Crippen LogP contribution in [0.5, 0.6) is 0 Å². The molecule has 2 amide bonds. The standard InChI is InChI=1S/2C11H20N2O3.C2H2O4/c2*1-11(2,3)16-10(14)13-5-9-8(12)4-7(13)6-15-9;3-1(4)2(5)6/h2*7-9H,4-6,12H2,1-3H3;(H,3,4)(H,5,6)/t2*7-,8+,9+;/m11./s1. The van der Waals surface area contributed by atoms with Crippen molar-refractivity contribution < 1.29 is 48.3 Å². The largest absolute Gasteiger partial charge is 0.473 e. The Labute approximate surface area is 222 Å². The summed E-state index contributed by atoms with van der Waals surface area (Å²) in [5.41, 5.74) is 10.9. The lowest BCUT2D eigenvalue weighted by Gasteiger charge is -2.47. The first-order chi connectivity index (χ1) is 17.4. The van der Waals surface area contributed by atoms with Crippen LogP contribution in [-0.4, -0.2) is 118 Å². The summed E-state index contributed by atoms with van der Waals surface area (Å²) in [5, 5.41) is 14.8. The van der Waals surface area contributed by atoms with E-state index in [9.17, 15) is 9.59 Å². The van der Waals surface area contributed by atoms with Crippen LogP contribution in [0.4, 0.5) is 9.59 Å². The van der Waals surface area contributed by atoms with Crippen LogP contribution >= 0.6 is 0 Å². The number of carbonyl (C=O) groups excluding carboxylic acids is 2. The normalized spacial score (nSPS) is 29.8. The Hall–Kier alpha value is -2.68. The van der Waals surface area contributed by atoms with Crippen molar-refractivity contribution in [3.63, 3.8) is 0 Å². The highest BCUT2D eigenvalue weighted by atomic mass is 16.6. The summed E-state index contributed by atoms with van der Waals surface area (Å²) >= 11 is 0. The number of carboxylic acid groups (broad SMARTS) is 2. The number of carbonyl (C=O) groups is 4. The molecule has 0 aromatic heterocycles. The number of ether oxygens (including phenoxy) is 4. The van der Waals surface area contributed by atoms with Gasteiger partial charge < -0.3 is 50.4 Å². The molecule has 0 unspecified atom stereocenters. The van der Waals surface area contributed by atoms with Crippen LogP contribution in [-0.2, 0) is 28.5 Å². The van der Waals surface area contributed by atoms with Gasteiger partial charge in [-0.15, -0.1) is 0 Å². The molecule has 6 fully saturated rings. The number of nitrogens with zero attached hydrogens (tertiary/aromatic N) is 2. The second-order valence-corrected chi connectivity index (χ2v) is 11.7. The summed E-state index contributed by atoms with van der Waals surface area (Å²) in [6.07, 6.45) is 1.05. The van der Waals surface area contributed by atoms with Crippen molar-refractivity contribution in [3.8, 4) is 0 Å². The molecule has 218 valence electrons. The number of piperidine rings is 2. The predicted octanol–water partition coefficient (Wildman–Crippen LogP) is 0.599. The van der Waals surface area contributed by atoms with E-state index in [2.05, 4.69) is 0 Å². The minimum Gasteiger partial charge on any atom is -0.473 e. The van der Waals surface area contributed by atoms with Crippen molar-refractivity contribution >= 4 is 24.1 Å². The quantitative estimate of drug-likeness (QED) is 0.308. The molecule has 6 atom stereocenters. The molecule has 0 radical (unpaired) electrons. The highest BCUT2D eigenvalue weighted by molar-refractivity contribution is 6.27. The number of carboxylic acids is 2. The molecule has 0 spiro atoms. The summed E-state index contributed by atoms with van der Waals surface area (Å²) in [6, 6.07) is 0.263. The van der Waals surface area contributed by atoms with E-state index < -0.39 is 23.1 Å². The molecule has 6 rings (SSSR count). The molecule has 6 aliphatic rings. The van der Waals surface area contributed by atoms with Crippen molar-refractivity contribution in [3.05, 3.63) is 0 Å². The van der Waals surface area contributed by atoms with Crippen molar-refractivity contribution in [2.75, 3.05) is 26.3 Å². The van der Waals surface area contributed by atoms with Crippen LogP contribution in [0.1, 0.15) is 54.4 Å². The molecule has 0 aromatic rings. The van der Waals surface area contributed by atoms with E-state index in [0.29, 0.717) is 26.3 Å². The van der Waals surface area contributed by atoms with Crippen LogP contribution < -0.4 is 11.5 Å². The van der Waals surface area contributed by atoms with Crippen LogP contribution in [0, 0.1) is 0 Å². The lowest BCUT2D eigenvalue weighted by molar-refractivity contribution is -0.159. The van der Waals surface area contributed by atoms with Gasteiger partial charge in [-0.25, -0.2) is 19.2 Å². The number of morpholine rings is 2. The summed E-state index contributed by atoms with van der Waals surface area (Å²) in [6.45, 7) is 13.5. The predicted molar refractivity (Wildman–Crippen MR) is 133 cm³/mol. The van der Waals surface area contributed by atoms with Crippen LogP contribution in [0.25, 0.3) is 0 Å². The molecular weight excluding hydrogens is 504 g/mol. The second kappa shape index (κ2) is 12.5. The van der Waals surface area contributed by atoms with E-state index in [0.717, 1.165) is 12.8 Å². The number of fused-ring (bicyclic) bond motifs is 6. The smallest absolute Gasteiger partial charge is 0.414 e. The zero-order chi connectivity index (χ0) is 29.0.